The largest absolute Gasteiger partial charge is 0.497 e. The number of amides is 2. The van der Waals surface area contributed by atoms with Crippen molar-refractivity contribution in [1.82, 2.24) is 9.80 Å². The summed E-state index contributed by atoms with van der Waals surface area (Å²) in [7, 11) is 3.38. The Labute approximate surface area is 137 Å². The lowest BCUT2D eigenvalue weighted by atomic mass is 10.1. The molecule has 0 unspecified atom stereocenters. The number of ether oxygens (including phenoxy) is 1. The molecule has 5 heteroatoms. The third kappa shape index (κ3) is 3.49. The Morgan fingerprint density at radius 2 is 1.87 bits per heavy atom. The topological polar surface area (TPSA) is 49.9 Å². The van der Waals surface area contributed by atoms with Crippen LogP contribution in [0.1, 0.15) is 30.7 Å². The highest BCUT2D eigenvalue weighted by Crippen LogP contribution is 2.48. The fourth-order valence-corrected chi connectivity index (χ4v) is 3.32. The quantitative estimate of drug-likeness (QED) is 0.833. The van der Waals surface area contributed by atoms with E-state index in [4.69, 9.17) is 4.74 Å². The van der Waals surface area contributed by atoms with Crippen LogP contribution >= 0.6 is 0 Å². The van der Waals surface area contributed by atoms with Crippen LogP contribution < -0.4 is 4.74 Å². The van der Waals surface area contributed by atoms with Gasteiger partial charge in [-0.1, -0.05) is 12.1 Å². The Kier molecular flexibility index (Phi) is 4.55. The second kappa shape index (κ2) is 6.60. The van der Waals surface area contributed by atoms with Gasteiger partial charge in [0.1, 0.15) is 5.75 Å². The molecule has 0 N–H and O–H groups in total. The van der Waals surface area contributed by atoms with E-state index in [1.165, 1.54) is 5.56 Å². The zero-order valence-electron chi connectivity index (χ0n) is 13.8. The summed E-state index contributed by atoms with van der Waals surface area (Å²) in [6.45, 7) is 1.86. The molecule has 2 atom stereocenters. The van der Waals surface area contributed by atoms with Gasteiger partial charge in [-0.05, 0) is 42.9 Å². The van der Waals surface area contributed by atoms with Crippen molar-refractivity contribution in [3.05, 3.63) is 29.8 Å². The number of likely N-dealkylation sites (N-methyl/N-ethyl adjacent to an activating group) is 1. The standard InChI is InChI=1S/C18H24N2O3/c1-19(12-17(21)20-9-3-4-10-20)18(22)16-11-15(16)13-5-7-14(23-2)8-6-13/h5-8,15-16H,3-4,9-12H2,1-2H3/t15-,16-/m1/s1. The molecule has 2 fully saturated rings. The molecular weight excluding hydrogens is 292 g/mol. The van der Waals surface area contributed by atoms with Crippen LogP contribution in [0.5, 0.6) is 5.75 Å². The molecule has 5 nitrogen and oxygen atoms in total. The van der Waals surface area contributed by atoms with Gasteiger partial charge in [-0.3, -0.25) is 9.59 Å². The van der Waals surface area contributed by atoms with E-state index < -0.39 is 0 Å². The molecule has 3 rings (SSSR count). The molecule has 1 saturated heterocycles. The molecule has 1 aromatic carbocycles. The first-order valence-electron chi connectivity index (χ1n) is 8.27. The Bertz CT molecular complexity index is 578. The molecular formula is C18H24N2O3. The van der Waals surface area contributed by atoms with E-state index in [0.29, 0.717) is 0 Å². The molecule has 0 spiro atoms. The molecule has 1 aromatic rings. The highest BCUT2D eigenvalue weighted by molar-refractivity contribution is 5.88. The first-order valence-corrected chi connectivity index (χ1v) is 8.27. The van der Waals surface area contributed by atoms with Crippen LogP contribution in [0, 0.1) is 5.92 Å². The number of rotatable bonds is 5. The molecule has 1 saturated carbocycles. The minimum absolute atomic E-state index is 0.0137. The smallest absolute Gasteiger partial charge is 0.242 e. The van der Waals surface area contributed by atoms with E-state index in [9.17, 15) is 9.59 Å². The molecule has 1 aliphatic heterocycles. The van der Waals surface area contributed by atoms with Gasteiger partial charge in [-0.15, -0.1) is 0 Å². The van der Waals surface area contributed by atoms with E-state index in [-0.39, 0.29) is 30.2 Å². The van der Waals surface area contributed by atoms with E-state index in [2.05, 4.69) is 0 Å². The fraction of sp³-hybridized carbons (Fsp3) is 0.556. The molecule has 2 aliphatic rings. The van der Waals surface area contributed by atoms with Gasteiger partial charge in [0.15, 0.2) is 0 Å². The molecule has 1 aliphatic carbocycles. The van der Waals surface area contributed by atoms with Crippen LogP contribution in [0.4, 0.5) is 0 Å². The number of carbonyl (C=O) groups excluding carboxylic acids is 2. The monoisotopic (exact) mass is 316 g/mol. The van der Waals surface area contributed by atoms with Crippen LogP contribution in [-0.4, -0.2) is 55.4 Å². The second-order valence-corrected chi connectivity index (χ2v) is 6.50. The van der Waals surface area contributed by atoms with Gasteiger partial charge in [0.25, 0.3) is 0 Å². The molecule has 23 heavy (non-hydrogen) atoms. The van der Waals surface area contributed by atoms with Gasteiger partial charge in [0, 0.05) is 26.1 Å². The van der Waals surface area contributed by atoms with Crippen molar-refractivity contribution in [3.63, 3.8) is 0 Å². The van der Waals surface area contributed by atoms with E-state index in [0.717, 1.165) is 38.1 Å². The maximum absolute atomic E-state index is 12.5. The van der Waals surface area contributed by atoms with Gasteiger partial charge in [-0.25, -0.2) is 0 Å². The minimum Gasteiger partial charge on any atom is -0.497 e. The summed E-state index contributed by atoms with van der Waals surface area (Å²) in [5, 5.41) is 0. The third-order valence-corrected chi connectivity index (χ3v) is 4.86. The molecule has 0 bridgehead atoms. The van der Waals surface area contributed by atoms with Gasteiger partial charge >= 0.3 is 0 Å². The second-order valence-electron chi connectivity index (χ2n) is 6.50. The Hall–Kier alpha value is -2.04. The number of likely N-dealkylation sites (tertiary alicyclic amines) is 1. The summed E-state index contributed by atoms with van der Waals surface area (Å²) in [5.74, 6) is 1.27. The molecule has 124 valence electrons. The predicted octanol–water partition coefficient (Wildman–Crippen LogP) is 1.88. The van der Waals surface area contributed by atoms with Crippen molar-refractivity contribution >= 4 is 11.8 Å². The van der Waals surface area contributed by atoms with Crippen molar-refractivity contribution in [3.8, 4) is 5.75 Å². The zero-order valence-corrected chi connectivity index (χ0v) is 13.8. The Balaban J connectivity index is 1.53. The van der Waals surface area contributed by atoms with Crippen LogP contribution in [0.3, 0.4) is 0 Å². The number of benzene rings is 1. The van der Waals surface area contributed by atoms with Crippen molar-refractivity contribution in [2.24, 2.45) is 5.92 Å². The predicted molar refractivity (Wildman–Crippen MR) is 87.3 cm³/mol. The van der Waals surface area contributed by atoms with Gasteiger partial charge < -0.3 is 14.5 Å². The van der Waals surface area contributed by atoms with E-state index in [1.54, 1.807) is 19.1 Å². The first-order chi connectivity index (χ1) is 11.1. The van der Waals surface area contributed by atoms with Crippen LogP contribution in [-0.2, 0) is 9.59 Å². The number of carbonyl (C=O) groups is 2. The third-order valence-electron chi connectivity index (χ3n) is 4.86. The van der Waals surface area contributed by atoms with Crippen molar-refractivity contribution in [2.45, 2.75) is 25.2 Å². The average molecular weight is 316 g/mol. The lowest BCUT2D eigenvalue weighted by molar-refractivity contribution is -0.139. The number of hydrogen-bond donors (Lipinski definition) is 0. The summed E-state index contributed by atoms with van der Waals surface area (Å²) in [6.07, 6.45) is 3.02. The highest BCUT2D eigenvalue weighted by Gasteiger charge is 2.45. The van der Waals surface area contributed by atoms with Gasteiger partial charge in [0.05, 0.1) is 13.7 Å². The molecule has 0 radical (unpaired) electrons. The van der Waals surface area contributed by atoms with Crippen molar-refractivity contribution in [1.29, 1.82) is 0 Å². The van der Waals surface area contributed by atoms with E-state index >= 15 is 0 Å². The minimum atomic E-state index is 0.0137. The van der Waals surface area contributed by atoms with Gasteiger partial charge in [-0.2, -0.15) is 0 Å². The summed E-state index contributed by atoms with van der Waals surface area (Å²) in [4.78, 5) is 28.1. The van der Waals surface area contributed by atoms with Crippen LogP contribution in [0.25, 0.3) is 0 Å². The number of hydrogen-bond acceptors (Lipinski definition) is 3. The number of nitrogens with zero attached hydrogens (tertiary/aromatic N) is 2. The SMILES string of the molecule is COc1ccc([C@H]2C[C@H]2C(=O)N(C)CC(=O)N2CCCC2)cc1. The Morgan fingerprint density at radius 1 is 1.22 bits per heavy atom. The Morgan fingerprint density at radius 3 is 2.48 bits per heavy atom. The van der Waals surface area contributed by atoms with Crippen molar-refractivity contribution in [2.75, 3.05) is 33.8 Å². The lowest BCUT2D eigenvalue weighted by Gasteiger charge is -2.21. The average Bonchev–Trinajstić information content (AvgIpc) is 3.17. The van der Waals surface area contributed by atoms with Crippen LogP contribution in [0.15, 0.2) is 24.3 Å². The van der Waals surface area contributed by atoms with E-state index in [1.807, 2.05) is 29.2 Å². The summed E-state index contributed by atoms with van der Waals surface area (Å²) < 4.78 is 5.16. The first kappa shape index (κ1) is 15.8. The summed E-state index contributed by atoms with van der Waals surface area (Å²) >= 11 is 0. The zero-order chi connectivity index (χ0) is 16.4. The van der Waals surface area contributed by atoms with Crippen LogP contribution in [0.2, 0.25) is 0 Å². The lowest BCUT2D eigenvalue weighted by Crippen LogP contribution is -2.40. The highest BCUT2D eigenvalue weighted by atomic mass is 16.5. The molecule has 1 heterocycles. The molecule has 2 amide bonds. The summed E-state index contributed by atoms with van der Waals surface area (Å²) in [5.41, 5.74) is 1.17. The summed E-state index contributed by atoms with van der Waals surface area (Å²) in [6, 6.07) is 7.89. The normalized spacial score (nSPS) is 22.8. The maximum atomic E-state index is 12.5. The van der Waals surface area contributed by atoms with Crippen molar-refractivity contribution < 1.29 is 14.3 Å². The van der Waals surface area contributed by atoms with Gasteiger partial charge in [0.2, 0.25) is 11.8 Å². The number of methoxy groups -OCH3 is 1. The maximum Gasteiger partial charge on any atom is 0.242 e. The molecule has 0 aromatic heterocycles. The fourth-order valence-electron chi connectivity index (χ4n) is 3.32.